The van der Waals surface area contributed by atoms with Gasteiger partial charge in [0.15, 0.2) is 0 Å². The van der Waals surface area contributed by atoms with Gasteiger partial charge in [0.2, 0.25) is 0 Å². The molecule has 0 fully saturated rings. The largest absolute Gasteiger partial charge is 0.508 e. The summed E-state index contributed by atoms with van der Waals surface area (Å²) in [5, 5.41) is 13.3. The van der Waals surface area contributed by atoms with Gasteiger partial charge in [-0.2, -0.15) is 0 Å². The molecule has 1 aromatic carbocycles. The first-order valence-electron chi connectivity index (χ1n) is 6.06. The first kappa shape index (κ1) is 15.7. The third kappa shape index (κ3) is 5.08. The van der Waals surface area contributed by atoms with E-state index in [0.717, 1.165) is 29.4 Å². The Morgan fingerprint density at radius 1 is 1.50 bits per heavy atom. The minimum absolute atomic E-state index is 0.132. The van der Waals surface area contributed by atoms with Gasteiger partial charge in [-0.25, -0.2) is 0 Å². The molecule has 0 bridgehead atoms. The van der Waals surface area contributed by atoms with Gasteiger partial charge in [-0.15, -0.1) is 0 Å². The van der Waals surface area contributed by atoms with Gasteiger partial charge in [-0.1, -0.05) is 22.9 Å². The van der Waals surface area contributed by atoms with Crippen LogP contribution in [0.4, 0.5) is 0 Å². The zero-order chi connectivity index (χ0) is 13.5. The lowest BCUT2D eigenvalue weighted by molar-refractivity contribution is 0.441. The van der Waals surface area contributed by atoms with Crippen molar-refractivity contribution in [3.05, 3.63) is 28.2 Å². The van der Waals surface area contributed by atoms with Crippen molar-refractivity contribution in [2.75, 3.05) is 18.6 Å². The van der Waals surface area contributed by atoms with Crippen molar-refractivity contribution < 1.29 is 9.32 Å². The second-order valence-electron chi connectivity index (χ2n) is 4.25. The van der Waals surface area contributed by atoms with Crippen LogP contribution in [-0.4, -0.2) is 27.9 Å². The molecule has 2 atom stereocenters. The second-order valence-corrected chi connectivity index (χ2v) is 6.72. The van der Waals surface area contributed by atoms with Crippen LogP contribution in [0, 0.1) is 0 Å². The first-order chi connectivity index (χ1) is 8.54. The molecule has 0 amide bonds. The van der Waals surface area contributed by atoms with Crippen molar-refractivity contribution in [1.29, 1.82) is 0 Å². The van der Waals surface area contributed by atoms with Crippen LogP contribution in [0.1, 0.15) is 31.4 Å². The number of nitrogens with one attached hydrogen (secondary N) is 1. The highest BCUT2D eigenvalue weighted by molar-refractivity contribution is 9.10. The Kier molecular flexibility index (Phi) is 6.89. The van der Waals surface area contributed by atoms with Gasteiger partial charge in [-0.3, -0.25) is 4.21 Å². The van der Waals surface area contributed by atoms with Gasteiger partial charge >= 0.3 is 0 Å². The van der Waals surface area contributed by atoms with Gasteiger partial charge < -0.3 is 10.4 Å². The Labute approximate surface area is 120 Å². The summed E-state index contributed by atoms with van der Waals surface area (Å²) in [4.78, 5) is 0. The molecule has 0 aliphatic heterocycles. The van der Waals surface area contributed by atoms with Crippen molar-refractivity contribution in [2.45, 2.75) is 25.8 Å². The van der Waals surface area contributed by atoms with E-state index in [0.29, 0.717) is 11.5 Å². The molecule has 1 rings (SSSR count). The summed E-state index contributed by atoms with van der Waals surface area (Å²) < 4.78 is 11.9. The summed E-state index contributed by atoms with van der Waals surface area (Å²) in [6, 6.07) is 5.60. The summed E-state index contributed by atoms with van der Waals surface area (Å²) in [5.41, 5.74) is 0.907. The molecule has 102 valence electrons. The number of hydrogen-bond acceptors (Lipinski definition) is 3. The van der Waals surface area contributed by atoms with Crippen molar-refractivity contribution in [3.63, 3.8) is 0 Å². The monoisotopic (exact) mass is 333 g/mol. The van der Waals surface area contributed by atoms with E-state index in [1.807, 2.05) is 12.1 Å². The maximum Gasteiger partial charge on any atom is 0.120 e. The Hall–Kier alpha value is -0.390. The minimum Gasteiger partial charge on any atom is -0.508 e. The van der Waals surface area contributed by atoms with E-state index in [1.54, 1.807) is 12.3 Å². The standard InChI is InChI=1S/C13H20BrNO2S/c1-3-12(15-7-4-8-18(2)17)11-9-10(14)5-6-13(11)16/h5-6,9,12,15-16H,3-4,7-8H2,1-2H3. The Morgan fingerprint density at radius 3 is 2.83 bits per heavy atom. The Balaban J connectivity index is 2.59. The average molecular weight is 334 g/mol. The molecule has 0 aliphatic carbocycles. The lowest BCUT2D eigenvalue weighted by Gasteiger charge is -2.18. The molecule has 1 aromatic rings. The molecular weight excluding hydrogens is 314 g/mol. The smallest absolute Gasteiger partial charge is 0.120 e. The number of benzene rings is 1. The quantitative estimate of drug-likeness (QED) is 0.754. The lowest BCUT2D eigenvalue weighted by atomic mass is 10.0. The highest BCUT2D eigenvalue weighted by Crippen LogP contribution is 2.29. The van der Waals surface area contributed by atoms with Crippen LogP contribution in [0.2, 0.25) is 0 Å². The van der Waals surface area contributed by atoms with Crippen LogP contribution in [0.15, 0.2) is 22.7 Å². The zero-order valence-electron chi connectivity index (χ0n) is 10.8. The van der Waals surface area contributed by atoms with Crippen molar-refractivity contribution in [1.82, 2.24) is 5.32 Å². The first-order valence-corrected chi connectivity index (χ1v) is 8.58. The van der Waals surface area contributed by atoms with Crippen LogP contribution < -0.4 is 5.32 Å². The maximum absolute atomic E-state index is 11.0. The highest BCUT2D eigenvalue weighted by atomic mass is 79.9. The zero-order valence-corrected chi connectivity index (χ0v) is 13.2. The molecule has 0 radical (unpaired) electrons. The molecule has 2 N–H and O–H groups in total. The number of hydrogen-bond donors (Lipinski definition) is 2. The molecule has 0 heterocycles. The number of phenolic OH excluding ortho intramolecular Hbond substituents is 1. The minimum atomic E-state index is -0.732. The molecule has 3 nitrogen and oxygen atoms in total. The van der Waals surface area contributed by atoms with Gasteiger partial charge in [-0.05, 0) is 37.6 Å². The fourth-order valence-corrected chi connectivity index (χ4v) is 2.76. The van der Waals surface area contributed by atoms with Crippen LogP contribution in [-0.2, 0) is 10.8 Å². The summed E-state index contributed by atoms with van der Waals surface area (Å²) in [7, 11) is -0.732. The van der Waals surface area contributed by atoms with E-state index < -0.39 is 10.8 Å². The van der Waals surface area contributed by atoms with Crippen LogP contribution in [0.25, 0.3) is 0 Å². The predicted octanol–water partition coefficient (Wildman–Crippen LogP) is 2.96. The third-order valence-corrected chi connectivity index (χ3v) is 4.13. The SMILES string of the molecule is CCC(NCCCS(C)=O)c1cc(Br)ccc1O. The van der Waals surface area contributed by atoms with E-state index in [1.165, 1.54) is 0 Å². The summed E-state index contributed by atoms with van der Waals surface area (Å²) in [5.74, 6) is 1.03. The number of aromatic hydroxyl groups is 1. The fourth-order valence-electron chi connectivity index (χ4n) is 1.83. The summed E-state index contributed by atoms with van der Waals surface area (Å²) in [6.45, 7) is 2.89. The van der Waals surface area contributed by atoms with E-state index in [9.17, 15) is 9.32 Å². The van der Waals surface area contributed by atoms with Gasteiger partial charge in [0, 0.05) is 38.9 Å². The van der Waals surface area contributed by atoms with E-state index in [4.69, 9.17) is 0 Å². The third-order valence-electron chi connectivity index (χ3n) is 2.77. The van der Waals surface area contributed by atoms with Crippen LogP contribution >= 0.6 is 15.9 Å². The lowest BCUT2D eigenvalue weighted by Crippen LogP contribution is -2.23. The topological polar surface area (TPSA) is 49.3 Å². The second kappa shape index (κ2) is 7.92. The summed E-state index contributed by atoms with van der Waals surface area (Å²) in [6.07, 6.45) is 3.51. The maximum atomic E-state index is 11.0. The van der Waals surface area contributed by atoms with E-state index >= 15 is 0 Å². The van der Waals surface area contributed by atoms with Gasteiger partial charge in [0.1, 0.15) is 5.75 Å². The van der Waals surface area contributed by atoms with Gasteiger partial charge in [0.25, 0.3) is 0 Å². The van der Waals surface area contributed by atoms with Crippen LogP contribution in [0.3, 0.4) is 0 Å². The Bertz CT molecular complexity index is 412. The molecule has 0 spiro atoms. The highest BCUT2D eigenvalue weighted by Gasteiger charge is 2.13. The number of halogens is 1. The molecule has 2 unspecified atom stereocenters. The van der Waals surface area contributed by atoms with E-state index in [-0.39, 0.29) is 6.04 Å². The fraction of sp³-hybridized carbons (Fsp3) is 0.538. The predicted molar refractivity (Wildman–Crippen MR) is 80.4 cm³/mol. The molecule has 0 aromatic heterocycles. The molecule has 0 saturated carbocycles. The molecule has 0 aliphatic rings. The number of rotatable bonds is 7. The number of phenols is 1. The molecule has 5 heteroatoms. The van der Waals surface area contributed by atoms with Crippen molar-refractivity contribution >= 4 is 26.7 Å². The van der Waals surface area contributed by atoms with Crippen molar-refractivity contribution in [2.24, 2.45) is 0 Å². The molecule has 18 heavy (non-hydrogen) atoms. The van der Waals surface area contributed by atoms with Crippen LogP contribution in [0.5, 0.6) is 5.75 Å². The van der Waals surface area contributed by atoms with Gasteiger partial charge in [0.05, 0.1) is 0 Å². The molecule has 0 saturated heterocycles. The van der Waals surface area contributed by atoms with Crippen molar-refractivity contribution in [3.8, 4) is 5.75 Å². The Morgan fingerprint density at radius 2 is 2.22 bits per heavy atom. The van der Waals surface area contributed by atoms with E-state index in [2.05, 4.69) is 28.2 Å². The average Bonchev–Trinajstić information content (AvgIpc) is 2.33. The summed E-state index contributed by atoms with van der Waals surface area (Å²) >= 11 is 3.42. The normalized spacial score (nSPS) is 14.4. The molecular formula is C13H20BrNO2S.